The molecule has 1 aromatic rings. The van der Waals surface area contributed by atoms with Crippen molar-refractivity contribution >= 4 is 17.8 Å². The molecule has 0 aliphatic carbocycles. The van der Waals surface area contributed by atoms with Gasteiger partial charge in [-0.05, 0) is 55.9 Å². The molecule has 2 amide bonds. The van der Waals surface area contributed by atoms with Crippen molar-refractivity contribution in [3.8, 4) is 0 Å². The molecule has 0 bridgehead atoms. The van der Waals surface area contributed by atoms with Gasteiger partial charge in [-0.25, -0.2) is 0 Å². The lowest BCUT2D eigenvalue weighted by Crippen LogP contribution is -2.42. The Morgan fingerprint density at radius 2 is 2.00 bits per heavy atom. The molecule has 136 valence electrons. The normalized spacial score (nSPS) is 17.1. The van der Waals surface area contributed by atoms with Crippen LogP contribution >= 0.6 is 0 Å². The van der Waals surface area contributed by atoms with Gasteiger partial charge in [0.25, 0.3) is 11.8 Å². The summed E-state index contributed by atoms with van der Waals surface area (Å²) < 4.78 is 4.98. The van der Waals surface area contributed by atoms with E-state index in [9.17, 15) is 14.4 Å². The highest BCUT2D eigenvalue weighted by molar-refractivity contribution is 5.96. The molecule has 0 spiro atoms. The monoisotopic (exact) mass is 346 g/mol. The summed E-state index contributed by atoms with van der Waals surface area (Å²) in [5.74, 6) is -0.655. The third-order valence-electron chi connectivity index (χ3n) is 4.53. The molecule has 1 N–H and O–H groups in total. The van der Waals surface area contributed by atoms with Crippen molar-refractivity contribution in [2.45, 2.75) is 33.6 Å². The standard InChI is InChI=1S/C19H26N2O4/c1-13-5-4-8-21(11-13)17(22)12-25-18(23)10-20-19(24)16-7-6-14(2)15(3)9-16/h6-7,9,13H,4-5,8,10-12H2,1-3H3,(H,20,24)/t13-/m0/s1. The smallest absolute Gasteiger partial charge is 0.325 e. The summed E-state index contributed by atoms with van der Waals surface area (Å²) in [5, 5.41) is 2.52. The van der Waals surface area contributed by atoms with E-state index in [-0.39, 0.29) is 25.0 Å². The summed E-state index contributed by atoms with van der Waals surface area (Å²) >= 11 is 0. The highest BCUT2D eigenvalue weighted by Gasteiger charge is 2.21. The summed E-state index contributed by atoms with van der Waals surface area (Å²) in [6.45, 7) is 6.89. The molecule has 25 heavy (non-hydrogen) atoms. The second-order valence-electron chi connectivity index (χ2n) is 6.73. The number of nitrogens with zero attached hydrogens (tertiary/aromatic N) is 1. The second kappa shape index (κ2) is 8.65. The highest BCUT2D eigenvalue weighted by atomic mass is 16.5. The minimum Gasteiger partial charge on any atom is -0.454 e. The van der Waals surface area contributed by atoms with Crippen molar-refractivity contribution in [2.24, 2.45) is 5.92 Å². The predicted octanol–water partition coefficient (Wildman–Crippen LogP) is 1.83. The van der Waals surface area contributed by atoms with E-state index in [1.165, 1.54) is 0 Å². The summed E-state index contributed by atoms with van der Waals surface area (Å²) in [6, 6.07) is 5.35. The molecule has 2 rings (SSSR count). The minimum atomic E-state index is -0.615. The van der Waals surface area contributed by atoms with Crippen LogP contribution in [0.3, 0.4) is 0 Å². The summed E-state index contributed by atoms with van der Waals surface area (Å²) in [7, 11) is 0. The molecule has 1 atom stereocenters. The fourth-order valence-electron chi connectivity index (χ4n) is 2.84. The molecule has 0 radical (unpaired) electrons. The van der Waals surface area contributed by atoms with Gasteiger partial charge in [-0.3, -0.25) is 14.4 Å². The van der Waals surface area contributed by atoms with Crippen LogP contribution in [0.5, 0.6) is 0 Å². The Morgan fingerprint density at radius 1 is 1.24 bits per heavy atom. The highest BCUT2D eigenvalue weighted by Crippen LogP contribution is 2.15. The van der Waals surface area contributed by atoms with Crippen LogP contribution in [0, 0.1) is 19.8 Å². The van der Waals surface area contributed by atoms with Crippen molar-refractivity contribution in [1.29, 1.82) is 0 Å². The largest absolute Gasteiger partial charge is 0.454 e. The predicted molar refractivity (Wildman–Crippen MR) is 94.2 cm³/mol. The Kier molecular flexibility index (Phi) is 6.56. The molecule has 0 saturated carbocycles. The average Bonchev–Trinajstić information content (AvgIpc) is 2.59. The number of hydrogen-bond donors (Lipinski definition) is 1. The first-order valence-electron chi connectivity index (χ1n) is 8.65. The Bertz CT molecular complexity index is 657. The van der Waals surface area contributed by atoms with Gasteiger partial charge in [-0.2, -0.15) is 0 Å². The van der Waals surface area contributed by atoms with E-state index >= 15 is 0 Å². The van der Waals surface area contributed by atoms with Gasteiger partial charge in [0.1, 0.15) is 6.54 Å². The van der Waals surface area contributed by atoms with Crippen molar-refractivity contribution in [2.75, 3.05) is 26.2 Å². The molecule has 1 aromatic carbocycles. The van der Waals surface area contributed by atoms with Gasteiger partial charge in [0, 0.05) is 18.7 Å². The number of ether oxygens (including phenoxy) is 1. The second-order valence-corrected chi connectivity index (χ2v) is 6.73. The molecule has 1 aliphatic heterocycles. The van der Waals surface area contributed by atoms with Crippen LogP contribution in [0.1, 0.15) is 41.3 Å². The fraction of sp³-hybridized carbons (Fsp3) is 0.526. The number of piperidine rings is 1. The van der Waals surface area contributed by atoms with Crippen LogP contribution in [-0.4, -0.2) is 48.9 Å². The van der Waals surface area contributed by atoms with Gasteiger partial charge >= 0.3 is 5.97 Å². The number of benzene rings is 1. The molecule has 6 nitrogen and oxygen atoms in total. The molecule has 6 heteroatoms. The zero-order valence-corrected chi connectivity index (χ0v) is 15.1. The summed E-state index contributed by atoms with van der Waals surface area (Å²) in [4.78, 5) is 37.6. The van der Waals surface area contributed by atoms with E-state index in [0.29, 0.717) is 24.6 Å². The number of aryl methyl sites for hydroxylation is 2. The molecule has 1 saturated heterocycles. The average molecular weight is 346 g/mol. The molecule has 1 heterocycles. The zero-order chi connectivity index (χ0) is 18.4. The molecule has 0 unspecified atom stereocenters. The van der Waals surface area contributed by atoms with Crippen molar-refractivity contribution in [3.63, 3.8) is 0 Å². The number of esters is 1. The zero-order valence-electron chi connectivity index (χ0n) is 15.1. The van der Waals surface area contributed by atoms with E-state index in [2.05, 4.69) is 12.2 Å². The van der Waals surface area contributed by atoms with Gasteiger partial charge in [0.15, 0.2) is 6.61 Å². The molecular formula is C19H26N2O4. The first kappa shape index (κ1) is 19.0. The van der Waals surface area contributed by atoms with Crippen LogP contribution < -0.4 is 5.32 Å². The lowest BCUT2D eigenvalue weighted by molar-refractivity contribution is -0.151. The van der Waals surface area contributed by atoms with Crippen LogP contribution in [0.15, 0.2) is 18.2 Å². The van der Waals surface area contributed by atoms with Crippen LogP contribution in [0.4, 0.5) is 0 Å². The molecular weight excluding hydrogens is 320 g/mol. The Balaban J connectivity index is 1.73. The van der Waals surface area contributed by atoms with E-state index in [0.717, 1.165) is 24.0 Å². The maximum Gasteiger partial charge on any atom is 0.325 e. The van der Waals surface area contributed by atoms with Gasteiger partial charge in [0.05, 0.1) is 0 Å². The van der Waals surface area contributed by atoms with E-state index < -0.39 is 5.97 Å². The maximum absolute atomic E-state index is 12.0. The quantitative estimate of drug-likeness (QED) is 0.826. The maximum atomic E-state index is 12.0. The topological polar surface area (TPSA) is 75.7 Å². The van der Waals surface area contributed by atoms with Gasteiger partial charge in [-0.15, -0.1) is 0 Å². The summed E-state index contributed by atoms with van der Waals surface area (Å²) in [6.07, 6.45) is 2.10. The molecule has 1 fully saturated rings. The number of carbonyl (C=O) groups excluding carboxylic acids is 3. The molecule has 1 aliphatic rings. The Morgan fingerprint density at radius 3 is 2.68 bits per heavy atom. The van der Waals surface area contributed by atoms with Crippen LogP contribution in [0.2, 0.25) is 0 Å². The first-order valence-corrected chi connectivity index (χ1v) is 8.65. The number of carbonyl (C=O) groups is 3. The van der Waals surface area contributed by atoms with E-state index in [1.54, 1.807) is 17.0 Å². The Labute approximate surface area is 148 Å². The molecule has 0 aromatic heterocycles. The van der Waals surface area contributed by atoms with E-state index in [4.69, 9.17) is 4.74 Å². The van der Waals surface area contributed by atoms with Crippen LogP contribution in [-0.2, 0) is 14.3 Å². The van der Waals surface area contributed by atoms with Crippen molar-refractivity contribution in [3.05, 3.63) is 34.9 Å². The fourth-order valence-corrected chi connectivity index (χ4v) is 2.84. The van der Waals surface area contributed by atoms with Gasteiger partial charge in [-0.1, -0.05) is 13.0 Å². The summed E-state index contributed by atoms with van der Waals surface area (Å²) in [5.41, 5.74) is 2.60. The first-order chi connectivity index (χ1) is 11.9. The van der Waals surface area contributed by atoms with E-state index in [1.807, 2.05) is 19.9 Å². The minimum absolute atomic E-state index is 0.180. The SMILES string of the molecule is Cc1ccc(C(=O)NCC(=O)OCC(=O)N2CCC[C@H](C)C2)cc1C. The number of likely N-dealkylation sites (tertiary alicyclic amines) is 1. The van der Waals surface area contributed by atoms with Gasteiger partial charge in [0.2, 0.25) is 0 Å². The third kappa shape index (κ3) is 5.59. The number of hydrogen-bond acceptors (Lipinski definition) is 4. The van der Waals surface area contributed by atoms with Gasteiger partial charge < -0.3 is 15.0 Å². The number of amides is 2. The number of nitrogens with one attached hydrogen (secondary N) is 1. The lowest BCUT2D eigenvalue weighted by Gasteiger charge is -2.30. The van der Waals surface area contributed by atoms with Crippen LogP contribution in [0.25, 0.3) is 0 Å². The third-order valence-corrected chi connectivity index (χ3v) is 4.53. The van der Waals surface area contributed by atoms with Crippen molar-refractivity contribution in [1.82, 2.24) is 10.2 Å². The Hall–Kier alpha value is -2.37. The number of rotatable bonds is 5. The van der Waals surface area contributed by atoms with Crippen molar-refractivity contribution < 1.29 is 19.1 Å². The lowest BCUT2D eigenvalue weighted by atomic mass is 10.0.